The Morgan fingerprint density at radius 1 is 0.408 bits per heavy atom. The van der Waals surface area contributed by atoms with Gasteiger partial charge in [-0.3, -0.25) is 14.7 Å². The minimum absolute atomic E-state index is 0. The van der Waals surface area contributed by atoms with Crippen molar-refractivity contribution in [3.05, 3.63) is 177 Å². The third-order valence-electron chi connectivity index (χ3n) is 10.8. The summed E-state index contributed by atoms with van der Waals surface area (Å²) in [4.78, 5) is 59.6. The SMILES string of the molecule is COC(=O)c1cc(C#Cc2ccc(OC)cc2)cc(CN2CCN(Cc3cc(C#Cc4ccc(OC)cc4)cc(C(=O)OC)n3)CN(Cc3cc(C#Cc4ccc(OC)cc4)cc(C(=O)OC)n3)C2)n1.[Eu+3]. The summed E-state index contributed by atoms with van der Waals surface area (Å²) >= 11 is 0. The van der Waals surface area contributed by atoms with Crippen molar-refractivity contribution >= 4 is 17.9 Å². The van der Waals surface area contributed by atoms with E-state index in [4.69, 9.17) is 43.4 Å². The van der Waals surface area contributed by atoms with E-state index in [0.29, 0.717) is 90.5 Å². The summed E-state index contributed by atoms with van der Waals surface area (Å²) in [6, 6.07) is 32.5. The van der Waals surface area contributed by atoms with Gasteiger partial charge in [0.2, 0.25) is 0 Å². The van der Waals surface area contributed by atoms with Crippen molar-refractivity contribution in [3.63, 3.8) is 0 Å². The molecule has 0 unspecified atom stereocenters. The molecular weight excluding hydrogens is 1040 g/mol. The van der Waals surface area contributed by atoms with E-state index in [2.05, 4.69) is 50.2 Å². The number of hydrogen-bond acceptors (Lipinski definition) is 15. The molecule has 0 aliphatic carbocycles. The minimum Gasteiger partial charge on any atom is -0.497 e. The van der Waals surface area contributed by atoms with Crippen molar-refractivity contribution in [3.8, 4) is 52.8 Å². The van der Waals surface area contributed by atoms with E-state index in [9.17, 15) is 14.4 Å². The van der Waals surface area contributed by atoms with E-state index < -0.39 is 17.9 Å². The standard InChI is InChI=1S/C55H50N6O9.Eu/c1-65-47-19-13-38(14-20-47)7-10-41-27-44(56-50(30-41)53(62)68-4)33-59-25-26-60(34-45-28-42(31-51(57-45)54(63)69-5)11-8-39-15-21-48(66-2)22-16-39)37-61(36-59)35-46-29-43(32-52(58-46)55(64)70-6)12-9-40-17-23-49(67-3)24-18-40;/h13-24,27-32H,25-26,33-37H2,1-6H3;/q;+3. The summed E-state index contributed by atoms with van der Waals surface area (Å²) in [6.07, 6.45) is 0. The van der Waals surface area contributed by atoms with Gasteiger partial charge in [0.15, 0.2) is 0 Å². The van der Waals surface area contributed by atoms with E-state index in [1.54, 1.807) is 39.5 Å². The number of methoxy groups -OCH3 is 6. The van der Waals surface area contributed by atoms with Crippen molar-refractivity contribution in [2.24, 2.45) is 0 Å². The first-order chi connectivity index (χ1) is 34.0. The van der Waals surface area contributed by atoms with Gasteiger partial charge in [0.25, 0.3) is 0 Å². The van der Waals surface area contributed by atoms with Crippen molar-refractivity contribution in [2.45, 2.75) is 19.6 Å². The van der Waals surface area contributed by atoms with Gasteiger partial charge >= 0.3 is 67.3 Å². The summed E-state index contributed by atoms with van der Waals surface area (Å²) in [6.45, 7) is 2.91. The van der Waals surface area contributed by atoms with E-state index in [1.165, 1.54) is 21.3 Å². The quantitative estimate of drug-likeness (QED) is 0.0777. The van der Waals surface area contributed by atoms with E-state index in [0.717, 1.165) is 16.7 Å². The third kappa shape index (κ3) is 15.5. The van der Waals surface area contributed by atoms with E-state index in [-0.39, 0.29) is 73.0 Å². The molecule has 0 N–H and O–H groups in total. The van der Waals surface area contributed by atoms with Crippen LogP contribution in [0.25, 0.3) is 0 Å². The molecule has 15 nitrogen and oxygen atoms in total. The molecule has 358 valence electrons. The molecule has 1 aliphatic heterocycles. The molecule has 0 spiro atoms. The monoisotopic (exact) mass is 1090 g/mol. The minimum atomic E-state index is -0.599. The van der Waals surface area contributed by atoms with Gasteiger partial charge in [-0.05, 0) is 109 Å². The van der Waals surface area contributed by atoms with Crippen LogP contribution in [0, 0.1) is 84.9 Å². The Bertz CT molecular complexity index is 2900. The molecule has 0 amide bonds. The smallest absolute Gasteiger partial charge is 0.497 e. The number of rotatable bonds is 12. The van der Waals surface area contributed by atoms with Crippen LogP contribution in [0.3, 0.4) is 0 Å². The van der Waals surface area contributed by atoms with Gasteiger partial charge in [-0.25, -0.2) is 29.3 Å². The van der Waals surface area contributed by atoms with Gasteiger partial charge in [-0.15, -0.1) is 0 Å². The van der Waals surface area contributed by atoms with Crippen LogP contribution >= 0.6 is 0 Å². The fourth-order valence-corrected chi connectivity index (χ4v) is 7.39. The molecule has 0 bridgehead atoms. The van der Waals surface area contributed by atoms with Crippen LogP contribution in [0.1, 0.15) is 81.9 Å². The number of carbonyl (C=O) groups is 3. The van der Waals surface area contributed by atoms with E-state index >= 15 is 0 Å². The maximum absolute atomic E-state index is 13.0. The summed E-state index contributed by atoms with van der Waals surface area (Å²) in [7, 11) is 8.74. The van der Waals surface area contributed by atoms with Gasteiger partial charge in [0, 0.05) is 66.1 Å². The summed E-state index contributed by atoms with van der Waals surface area (Å²) in [5.74, 6) is 19.4. The third-order valence-corrected chi connectivity index (χ3v) is 10.8. The van der Waals surface area contributed by atoms with Crippen molar-refractivity contribution < 1.29 is 92.2 Å². The second-order valence-electron chi connectivity index (χ2n) is 15.8. The second kappa shape index (κ2) is 26.3. The Balaban J connectivity index is 0.00000825. The number of hydrogen-bond donors (Lipinski definition) is 0. The van der Waals surface area contributed by atoms with Crippen LogP contribution in [-0.4, -0.2) is 117 Å². The average Bonchev–Trinajstić information content (AvgIpc) is 3.58. The zero-order chi connectivity index (χ0) is 49.4. The molecule has 0 atom stereocenters. The molecule has 1 fully saturated rings. The molecule has 1 aliphatic rings. The van der Waals surface area contributed by atoms with Crippen LogP contribution in [-0.2, 0) is 33.8 Å². The van der Waals surface area contributed by atoms with Gasteiger partial charge < -0.3 is 28.4 Å². The zero-order valence-electron chi connectivity index (χ0n) is 40.1. The van der Waals surface area contributed by atoms with Crippen molar-refractivity contribution in [1.82, 2.24) is 29.7 Å². The first-order valence-electron chi connectivity index (χ1n) is 22.0. The van der Waals surface area contributed by atoms with Crippen molar-refractivity contribution in [2.75, 3.05) is 69.1 Å². The predicted octanol–water partition coefficient (Wildman–Crippen LogP) is 6.19. The van der Waals surface area contributed by atoms with Gasteiger partial charge in [0.1, 0.15) is 34.3 Å². The fourth-order valence-electron chi connectivity index (χ4n) is 7.39. The first-order valence-corrected chi connectivity index (χ1v) is 22.0. The van der Waals surface area contributed by atoms with Crippen LogP contribution in [0.15, 0.2) is 109 Å². The zero-order valence-corrected chi connectivity index (χ0v) is 42.5. The molecule has 0 radical (unpaired) electrons. The maximum atomic E-state index is 13.0. The number of aromatic nitrogens is 3. The van der Waals surface area contributed by atoms with Crippen LogP contribution < -0.4 is 14.2 Å². The number of esters is 3. The predicted molar refractivity (Wildman–Crippen MR) is 260 cm³/mol. The molecule has 71 heavy (non-hydrogen) atoms. The molecular formula is C55H50EuN6O9+3. The number of benzene rings is 3. The Morgan fingerprint density at radius 3 is 0.944 bits per heavy atom. The fraction of sp³-hybridized carbons (Fsp3) is 0.236. The number of carbonyl (C=O) groups excluding carboxylic acids is 3. The summed E-state index contributed by atoms with van der Waals surface area (Å²) in [5.41, 5.74) is 6.19. The Labute approximate surface area is 454 Å². The normalized spacial score (nSPS) is 12.4. The van der Waals surface area contributed by atoms with Crippen molar-refractivity contribution in [1.29, 1.82) is 0 Å². The molecule has 1 saturated heterocycles. The summed E-state index contributed by atoms with van der Waals surface area (Å²) < 4.78 is 31.1. The van der Waals surface area contributed by atoms with Gasteiger partial charge in [0.05, 0.1) is 73.1 Å². The van der Waals surface area contributed by atoms with Crippen LogP contribution in [0.5, 0.6) is 17.2 Å². The average molecular weight is 1090 g/mol. The number of pyridine rings is 3. The molecule has 3 aromatic heterocycles. The summed E-state index contributed by atoms with van der Waals surface area (Å²) in [5, 5.41) is 0. The molecule has 16 heteroatoms. The number of ether oxygens (including phenoxy) is 6. The Kier molecular flexibility index (Phi) is 19.8. The Hall–Kier alpha value is -6.94. The Morgan fingerprint density at radius 2 is 0.676 bits per heavy atom. The van der Waals surface area contributed by atoms with E-state index in [1.807, 2.05) is 91.0 Å². The first kappa shape index (κ1) is 53.4. The largest absolute Gasteiger partial charge is 3.00 e. The molecule has 0 saturated carbocycles. The topological polar surface area (TPSA) is 155 Å². The maximum Gasteiger partial charge on any atom is 3.00 e. The second-order valence-corrected chi connectivity index (χ2v) is 15.8. The molecule has 6 aromatic rings. The van der Waals surface area contributed by atoms with Gasteiger partial charge in [-0.1, -0.05) is 35.5 Å². The molecule has 4 heterocycles. The van der Waals surface area contributed by atoms with Crippen LogP contribution in [0.4, 0.5) is 0 Å². The molecule has 3 aromatic carbocycles. The van der Waals surface area contributed by atoms with Crippen LogP contribution in [0.2, 0.25) is 0 Å². The molecule has 7 rings (SSSR count). The number of nitrogens with zero attached hydrogens (tertiary/aromatic N) is 6. The van der Waals surface area contributed by atoms with Gasteiger partial charge in [-0.2, -0.15) is 0 Å².